The minimum atomic E-state index is -0.213. The van der Waals surface area contributed by atoms with Crippen molar-refractivity contribution in [3.8, 4) is 28.4 Å². The van der Waals surface area contributed by atoms with E-state index in [2.05, 4.69) is 293 Å². The molecule has 3 atom stereocenters. The van der Waals surface area contributed by atoms with E-state index in [4.69, 9.17) is 6.85 Å². The van der Waals surface area contributed by atoms with E-state index in [9.17, 15) is 0 Å². The molecule has 7 aliphatic rings. The Labute approximate surface area is 626 Å². The fourth-order valence-corrected chi connectivity index (χ4v) is 18.3. The maximum absolute atomic E-state index is 8.75. The third-order valence-corrected chi connectivity index (χ3v) is 24.2. The number of hydrogen-bond acceptors (Lipinski definition) is 0. The van der Waals surface area contributed by atoms with Crippen LogP contribution in [0.4, 0.5) is 0 Å². The number of allylic oxidation sites excluding steroid dienone is 5. The molecule has 18 rings (SSSR count). The van der Waals surface area contributed by atoms with Crippen LogP contribution in [0.2, 0.25) is 0 Å². The number of nitrogens with zero attached hydrogens (tertiary/aromatic N) is 10. The molecule has 10 heterocycles. The van der Waals surface area contributed by atoms with Gasteiger partial charge in [0.1, 0.15) is 56.9 Å². The molecule has 6 aromatic carbocycles. The number of imidazole rings is 5. The van der Waals surface area contributed by atoms with Gasteiger partial charge in [0.2, 0.25) is 0 Å². The lowest BCUT2D eigenvalue weighted by molar-refractivity contribution is -0.602. The summed E-state index contributed by atoms with van der Waals surface area (Å²) in [5.41, 5.74) is 24.7. The van der Waals surface area contributed by atoms with E-state index in [-0.39, 0.29) is 27.1 Å². The van der Waals surface area contributed by atoms with Crippen molar-refractivity contribution < 1.29 is 29.7 Å². The average molecular weight is 1390 g/mol. The van der Waals surface area contributed by atoms with Crippen LogP contribution in [0.1, 0.15) is 203 Å². The van der Waals surface area contributed by atoms with Gasteiger partial charge >= 0.3 is 0 Å². The first kappa shape index (κ1) is 64.9. The van der Waals surface area contributed by atoms with Crippen molar-refractivity contribution in [2.45, 2.75) is 203 Å². The Kier molecular flexibility index (Phi) is 17.4. The maximum atomic E-state index is 8.75. The standard InChI is InChI=1S/C21H27N2.C21H21N2.C20H25N2.2C16H19N2/c2*1-16-9-7-8-12-19(16)23-15-22-14-13-21(3,20(22)17(23)2)18-10-5-4-6-11-18;1-15-8-4-7-11-18(15)22-14-21-13-12-20(3,19(21)16(22)2)17-9-5-6-10-17;2*1-12-7-5-6-8-14(12)18-11-17-10-9-16(3,4)15(17)13(18)2/h7-9,12-15,18H,4-6,10-11H2,1-3H3;4-15H,1-3H3;4,7-8,11-14,17H,5-6,9-10H2,1-3H3;2*5-11H,1-4H3/q5*+1/i2*15D;14D;2*11D. The summed E-state index contributed by atoms with van der Waals surface area (Å²) in [5.74, 6) is 1.40. The van der Waals surface area contributed by atoms with Gasteiger partial charge in [-0.15, -0.1) is 0 Å². The van der Waals surface area contributed by atoms with Crippen LogP contribution in [-0.4, -0.2) is 22.8 Å². The zero-order valence-electron chi connectivity index (χ0n) is 69.7. The molecule has 11 aromatic rings. The van der Waals surface area contributed by atoms with Crippen LogP contribution >= 0.6 is 0 Å². The molecule has 0 radical (unpaired) electrons. The molecular formula is C94H111N10+5. The van der Waals surface area contributed by atoms with Crippen molar-refractivity contribution in [1.82, 2.24) is 22.8 Å². The van der Waals surface area contributed by atoms with Crippen LogP contribution < -0.4 is 22.8 Å². The predicted molar refractivity (Wildman–Crippen MR) is 426 cm³/mol. The Morgan fingerprint density at radius 2 is 0.538 bits per heavy atom. The fourth-order valence-electron chi connectivity index (χ4n) is 18.3. The van der Waals surface area contributed by atoms with Gasteiger partial charge in [0.25, 0.3) is 31.5 Å². The number of aryl methyl sites for hydroxylation is 5. The molecule has 2 fully saturated rings. The average Bonchev–Trinajstić information content (AvgIpc) is 1.59. The minimum absolute atomic E-state index is 0.00613. The van der Waals surface area contributed by atoms with Gasteiger partial charge in [-0.3, -0.25) is 0 Å². The van der Waals surface area contributed by atoms with Crippen molar-refractivity contribution in [2.75, 3.05) is 0 Å². The van der Waals surface area contributed by atoms with E-state index in [1.54, 1.807) is 0 Å². The van der Waals surface area contributed by atoms with Crippen LogP contribution in [-0.2, 0) is 27.1 Å². The molecule has 0 saturated heterocycles. The molecule has 2 saturated carbocycles. The SMILES string of the molecule is [2H]c1n2c(c(C)[n+]1-c1ccccc1C)C(C)(C)C=C2.[2H]c1n2c(c(C)[n+]1-c1ccccc1C)C(C)(C)C=C2.[2H]c1n2c(c(C)[n+]1-c1ccccc1C)C(C)(C1CCCC1)C=C2.[2H]c1n2c(c(C)[n+]1-c1ccccc1C)C(C)(C1CCCCC1)C=C2.[2H]c1n2c(c(C)[n+]1-c1ccccc1C)C(C)(c1ccccc1)C=C2. The van der Waals surface area contributed by atoms with Crippen LogP contribution in [0.25, 0.3) is 59.4 Å². The van der Waals surface area contributed by atoms with Crippen molar-refractivity contribution in [3.05, 3.63) is 304 Å². The zero-order valence-corrected chi connectivity index (χ0v) is 64.7. The highest BCUT2D eigenvalue weighted by Gasteiger charge is 2.48. The number of aromatic nitrogens is 10. The number of fused-ring (bicyclic) bond motifs is 5. The summed E-state index contributed by atoms with van der Waals surface area (Å²) in [7, 11) is 0. The second-order valence-electron chi connectivity index (χ2n) is 32.1. The number of hydrogen-bond donors (Lipinski definition) is 0. The quantitative estimate of drug-likeness (QED) is 0.136. The summed E-state index contributed by atoms with van der Waals surface area (Å²) >= 11 is 0. The van der Waals surface area contributed by atoms with E-state index >= 15 is 0 Å². The van der Waals surface area contributed by atoms with E-state index in [1.165, 1.54) is 131 Å². The summed E-state index contributed by atoms with van der Waals surface area (Å²) in [5, 5.41) is 0. The lowest BCUT2D eigenvalue weighted by Crippen LogP contribution is -2.36. The summed E-state index contributed by atoms with van der Waals surface area (Å²) in [6, 6.07) is 51.9. The van der Waals surface area contributed by atoms with E-state index in [0.29, 0.717) is 43.4 Å². The molecule has 10 heteroatoms. The maximum Gasteiger partial charge on any atom is 0.254 e. The highest BCUT2D eigenvalue weighted by Crippen LogP contribution is 2.48. The minimum Gasteiger partial charge on any atom is -0.205 e. The summed E-state index contributed by atoms with van der Waals surface area (Å²) in [6.07, 6.45) is 36.2. The molecule has 5 aromatic heterocycles. The monoisotopic (exact) mass is 1380 g/mol. The smallest absolute Gasteiger partial charge is 0.205 e. The van der Waals surface area contributed by atoms with E-state index in [0.717, 1.165) is 45.5 Å². The zero-order chi connectivity index (χ0) is 77.6. The van der Waals surface area contributed by atoms with Crippen LogP contribution in [0.15, 0.2) is 214 Å². The van der Waals surface area contributed by atoms with Gasteiger partial charge in [-0.05, 0) is 215 Å². The molecule has 5 aliphatic heterocycles. The summed E-state index contributed by atoms with van der Waals surface area (Å²) in [4.78, 5) is 0. The Hall–Kier alpha value is -9.93. The van der Waals surface area contributed by atoms with Crippen molar-refractivity contribution >= 4 is 31.0 Å². The third kappa shape index (κ3) is 12.6. The summed E-state index contributed by atoms with van der Waals surface area (Å²) < 4.78 is 63.6. The second kappa shape index (κ2) is 27.9. The highest BCUT2D eigenvalue weighted by molar-refractivity contribution is 5.55. The second-order valence-corrected chi connectivity index (χ2v) is 32.1. The van der Waals surface area contributed by atoms with Gasteiger partial charge in [0.05, 0.1) is 58.1 Å². The Morgan fingerprint density at radius 1 is 0.288 bits per heavy atom. The molecule has 0 amide bonds. The Morgan fingerprint density at radius 3 is 0.856 bits per heavy atom. The van der Waals surface area contributed by atoms with Crippen LogP contribution in [0.3, 0.4) is 0 Å². The molecule has 0 spiro atoms. The molecule has 104 heavy (non-hydrogen) atoms. The molecule has 0 bridgehead atoms. The van der Waals surface area contributed by atoms with Crippen molar-refractivity contribution in [1.29, 1.82) is 0 Å². The van der Waals surface area contributed by atoms with Gasteiger partial charge in [0, 0.05) is 34.6 Å². The number of rotatable bonds is 8. The fraction of sp³-hybridized carbons (Fsp3) is 0.351. The lowest BCUT2D eigenvalue weighted by Gasteiger charge is -2.34. The Balaban J connectivity index is 0.000000114. The van der Waals surface area contributed by atoms with Crippen LogP contribution in [0, 0.1) is 81.1 Å². The Bertz CT molecular complexity index is 5390. The normalized spacial score (nSPS) is 20.9. The number of para-hydroxylation sites is 5. The lowest BCUT2D eigenvalue weighted by atomic mass is 9.68. The third-order valence-electron chi connectivity index (χ3n) is 24.2. The van der Waals surface area contributed by atoms with Crippen molar-refractivity contribution in [3.63, 3.8) is 0 Å². The van der Waals surface area contributed by atoms with Gasteiger partial charge in [-0.25, -0.2) is 22.8 Å². The van der Waals surface area contributed by atoms with Gasteiger partial charge < -0.3 is 0 Å². The number of benzene rings is 6. The first-order valence-electron chi connectivity index (χ1n) is 40.5. The molecule has 2 aliphatic carbocycles. The molecular weight excluding hydrogens is 1270 g/mol. The molecule has 10 nitrogen and oxygen atoms in total. The topological polar surface area (TPSA) is 44.0 Å². The van der Waals surface area contributed by atoms with Gasteiger partial charge in [-0.1, -0.05) is 153 Å². The largest absolute Gasteiger partial charge is 0.254 e. The highest BCUT2D eigenvalue weighted by atomic mass is 15.2. The molecule has 3 unspecified atom stereocenters. The van der Waals surface area contributed by atoms with E-state index in [1.807, 2.05) is 83.9 Å². The van der Waals surface area contributed by atoms with Gasteiger partial charge in [-0.2, -0.15) is 22.8 Å². The molecule has 532 valence electrons. The first-order valence-corrected chi connectivity index (χ1v) is 38.0. The van der Waals surface area contributed by atoms with Crippen LogP contribution in [0.5, 0.6) is 0 Å². The molecule has 0 N–H and O–H groups in total. The first-order chi connectivity index (χ1) is 52.0. The van der Waals surface area contributed by atoms with E-state index < -0.39 is 0 Å². The predicted octanol–water partition coefficient (Wildman–Crippen LogP) is 19.5. The van der Waals surface area contributed by atoms with Gasteiger partial charge in [0.15, 0.2) is 35.3 Å². The summed E-state index contributed by atoms with van der Waals surface area (Å²) in [6.45, 7) is 36.9. The van der Waals surface area contributed by atoms with Crippen molar-refractivity contribution in [2.24, 2.45) is 11.8 Å².